The van der Waals surface area contributed by atoms with Crippen molar-refractivity contribution in [2.24, 2.45) is 0 Å². The van der Waals surface area contributed by atoms with Crippen LogP contribution in [-0.4, -0.2) is 33.4 Å². The first-order chi connectivity index (χ1) is 14.0. The fourth-order valence-corrected chi connectivity index (χ4v) is 3.84. The van der Waals surface area contributed by atoms with Crippen molar-refractivity contribution in [3.8, 4) is 11.5 Å². The van der Waals surface area contributed by atoms with Gasteiger partial charge in [-0.15, -0.1) is 10.2 Å². The van der Waals surface area contributed by atoms with E-state index in [2.05, 4.69) is 10.2 Å². The number of ketones is 1. The molecule has 1 unspecified atom stereocenters. The lowest BCUT2D eigenvalue weighted by molar-refractivity contribution is 0.102. The van der Waals surface area contributed by atoms with Crippen LogP contribution in [0.15, 0.2) is 53.7 Å². The number of Topliss-reactive ketones (excluding diaryl/α,β-unsaturated/α-hetero) is 1. The number of methoxy groups -OCH3 is 1. The van der Waals surface area contributed by atoms with Gasteiger partial charge in [-0.3, -0.25) is 4.79 Å². The van der Waals surface area contributed by atoms with Gasteiger partial charge in [0.1, 0.15) is 0 Å². The summed E-state index contributed by atoms with van der Waals surface area (Å²) < 4.78 is 13.3. The van der Waals surface area contributed by atoms with Crippen molar-refractivity contribution in [2.45, 2.75) is 31.7 Å². The summed E-state index contributed by atoms with van der Waals surface area (Å²) in [5.41, 5.74) is 0.623. The number of para-hydroxylation sites is 2. The van der Waals surface area contributed by atoms with Gasteiger partial charge in [-0.25, -0.2) is 0 Å². The maximum absolute atomic E-state index is 12.4. The van der Waals surface area contributed by atoms with Gasteiger partial charge in [0.05, 0.1) is 12.9 Å². The lowest BCUT2D eigenvalue weighted by Gasteiger charge is -2.17. The second kappa shape index (κ2) is 9.80. The quantitative estimate of drug-likeness (QED) is 0.348. The highest BCUT2D eigenvalue weighted by atomic mass is 35.5. The molecule has 0 bridgehead atoms. The summed E-state index contributed by atoms with van der Waals surface area (Å²) in [5, 5.41) is 9.85. The zero-order valence-corrected chi connectivity index (χ0v) is 18.0. The third-order valence-corrected chi connectivity index (χ3v) is 5.52. The van der Waals surface area contributed by atoms with E-state index < -0.39 is 0 Å². The van der Waals surface area contributed by atoms with Gasteiger partial charge in [0.2, 0.25) is 0 Å². The molecule has 0 saturated carbocycles. The van der Waals surface area contributed by atoms with Crippen LogP contribution in [0.4, 0.5) is 0 Å². The average Bonchev–Trinajstić information content (AvgIpc) is 3.16. The minimum Gasteiger partial charge on any atom is -0.493 e. The third-order valence-electron chi connectivity index (χ3n) is 4.30. The van der Waals surface area contributed by atoms with E-state index in [1.54, 1.807) is 31.4 Å². The molecule has 29 heavy (non-hydrogen) atoms. The Morgan fingerprint density at radius 1 is 1.14 bits per heavy atom. The lowest BCUT2D eigenvalue weighted by Crippen LogP contribution is -2.12. The van der Waals surface area contributed by atoms with Crippen LogP contribution in [0.3, 0.4) is 0 Å². The Labute approximate surface area is 179 Å². The monoisotopic (exact) mass is 431 g/mol. The molecule has 1 heterocycles. The Hall–Kier alpha value is -2.51. The molecule has 152 valence electrons. The minimum atomic E-state index is -0.333. The minimum absolute atomic E-state index is 0.0113. The van der Waals surface area contributed by atoms with E-state index in [1.807, 2.05) is 42.7 Å². The van der Waals surface area contributed by atoms with Gasteiger partial charge in [-0.2, -0.15) is 0 Å². The number of aromatic nitrogens is 3. The number of carbonyl (C=O) groups excluding carboxylic acids is 1. The second-order valence-corrected chi connectivity index (χ2v) is 7.59. The molecular weight excluding hydrogens is 410 g/mol. The molecule has 0 fully saturated rings. The highest BCUT2D eigenvalue weighted by molar-refractivity contribution is 7.99. The summed E-state index contributed by atoms with van der Waals surface area (Å²) in [6.45, 7) is 4.59. The first kappa shape index (κ1) is 21.2. The molecule has 0 aliphatic rings. The number of halogens is 1. The number of nitrogens with zero attached hydrogens (tertiary/aromatic N) is 3. The molecule has 3 rings (SSSR count). The summed E-state index contributed by atoms with van der Waals surface area (Å²) in [5.74, 6) is 2.27. The number of carbonyl (C=O) groups is 1. The van der Waals surface area contributed by atoms with E-state index in [0.717, 1.165) is 0 Å². The zero-order chi connectivity index (χ0) is 20.8. The van der Waals surface area contributed by atoms with Crippen molar-refractivity contribution in [2.75, 3.05) is 12.9 Å². The summed E-state index contributed by atoms with van der Waals surface area (Å²) in [4.78, 5) is 12.4. The SMILES string of the molecule is CCn1c(SCC(=O)c2ccc(Cl)cc2)nnc1C(C)Oc1ccccc1OC. The molecule has 2 aromatic carbocycles. The van der Waals surface area contributed by atoms with Crippen molar-refractivity contribution < 1.29 is 14.3 Å². The molecule has 6 nitrogen and oxygen atoms in total. The number of thioether (sulfide) groups is 1. The molecule has 0 saturated heterocycles. The van der Waals surface area contributed by atoms with Crippen molar-refractivity contribution >= 4 is 29.1 Å². The van der Waals surface area contributed by atoms with Crippen LogP contribution in [0.2, 0.25) is 5.02 Å². The molecule has 1 aromatic heterocycles. The van der Waals surface area contributed by atoms with Gasteiger partial charge >= 0.3 is 0 Å². The van der Waals surface area contributed by atoms with Crippen molar-refractivity contribution in [3.05, 3.63) is 64.9 Å². The zero-order valence-electron chi connectivity index (χ0n) is 16.5. The molecule has 0 aliphatic carbocycles. The topological polar surface area (TPSA) is 66.2 Å². The van der Waals surface area contributed by atoms with Gasteiger partial charge in [-0.05, 0) is 50.2 Å². The first-order valence-corrected chi connectivity index (χ1v) is 10.5. The maximum atomic E-state index is 12.4. The van der Waals surface area contributed by atoms with Crippen molar-refractivity contribution in [1.29, 1.82) is 0 Å². The summed E-state index contributed by atoms with van der Waals surface area (Å²) in [6, 6.07) is 14.3. The summed E-state index contributed by atoms with van der Waals surface area (Å²) >= 11 is 7.24. The van der Waals surface area contributed by atoms with Gasteiger partial charge < -0.3 is 14.0 Å². The van der Waals surface area contributed by atoms with Crippen LogP contribution >= 0.6 is 23.4 Å². The fourth-order valence-electron chi connectivity index (χ4n) is 2.81. The van der Waals surface area contributed by atoms with Gasteiger partial charge in [0.25, 0.3) is 0 Å². The van der Waals surface area contributed by atoms with Crippen LogP contribution in [-0.2, 0) is 6.54 Å². The standard InChI is InChI=1S/C21H22ClN3O3S/c1-4-25-20(14(2)28-19-8-6-5-7-18(19)27-3)23-24-21(25)29-13-17(26)15-9-11-16(22)12-10-15/h5-12,14H,4,13H2,1-3H3. The second-order valence-electron chi connectivity index (χ2n) is 6.21. The molecular formula is C21H22ClN3O3S. The smallest absolute Gasteiger partial charge is 0.191 e. The lowest BCUT2D eigenvalue weighted by atomic mass is 10.1. The van der Waals surface area contributed by atoms with Crippen LogP contribution in [0.5, 0.6) is 11.5 Å². The molecule has 0 amide bonds. The fraction of sp³-hybridized carbons (Fsp3) is 0.286. The number of hydrogen-bond donors (Lipinski definition) is 0. The molecule has 0 N–H and O–H groups in total. The highest BCUT2D eigenvalue weighted by Crippen LogP contribution is 2.31. The summed E-state index contributed by atoms with van der Waals surface area (Å²) in [6.07, 6.45) is -0.333. The van der Waals surface area contributed by atoms with Crippen molar-refractivity contribution in [1.82, 2.24) is 14.8 Å². The number of ether oxygens (including phenoxy) is 2. The van der Waals surface area contributed by atoms with Gasteiger partial charge in [0.15, 0.2) is 34.4 Å². The molecule has 0 radical (unpaired) electrons. The molecule has 3 aromatic rings. The van der Waals surface area contributed by atoms with Crippen LogP contribution in [0.25, 0.3) is 0 Å². The summed E-state index contributed by atoms with van der Waals surface area (Å²) in [7, 11) is 1.61. The number of hydrogen-bond acceptors (Lipinski definition) is 6. The van der Waals surface area contributed by atoms with Crippen LogP contribution < -0.4 is 9.47 Å². The van der Waals surface area contributed by atoms with E-state index >= 15 is 0 Å². The number of benzene rings is 2. The Bertz CT molecular complexity index is 976. The highest BCUT2D eigenvalue weighted by Gasteiger charge is 2.20. The van der Waals surface area contributed by atoms with E-state index in [0.29, 0.717) is 39.6 Å². The average molecular weight is 432 g/mol. The largest absolute Gasteiger partial charge is 0.493 e. The maximum Gasteiger partial charge on any atom is 0.191 e. The van der Waals surface area contributed by atoms with Crippen LogP contribution in [0, 0.1) is 0 Å². The molecule has 1 atom stereocenters. The Balaban J connectivity index is 1.70. The molecule has 0 aliphatic heterocycles. The van der Waals surface area contributed by atoms with E-state index in [4.69, 9.17) is 21.1 Å². The predicted octanol–water partition coefficient (Wildman–Crippen LogP) is 5.08. The Morgan fingerprint density at radius 2 is 1.83 bits per heavy atom. The van der Waals surface area contributed by atoms with Crippen molar-refractivity contribution in [3.63, 3.8) is 0 Å². The first-order valence-electron chi connectivity index (χ1n) is 9.17. The molecule has 0 spiro atoms. The van der Waals surface area contributed by atoms with Gasteiger partial charge in [-0.1, -0.05) is 35.5 Å². The van der Waals surface area contributed by atoms with Crippen LogP contribution in [0.1, 0.15) is 36.1 Å². The Morgan fingerprint density at radius 3 is 2.48 bits per heavy atom. The van der Waals surface area contributed by atoms with E-state index in [1.165, 1.54) is 11.8 Å². The normalized spacial score (nSPS) is 11.9. The van der Waals surface area contributed by atoms with E-state index in [-0.39, 0.29) is 17.6 Å². The predicted molar refractivity (Wildman–Crippen MR) is 114 cm³/mol. The third kappa shape index (κ3) is 5.10. The molecule has 8 heteroatoms. The number of rotatable bonds is 9. The Kier molecular flexibility index (Phi) is 7.17. The van der Waals surface area contributed by atoms with E-state index in [9.17, 15) is 4.79 Å². The van der Waals surface area contributed by atoms with Gasteiger partial charge in [0, 0.05) is 17.1 Å².